The Kier molecular flexibility index (Phi) is 9.74. The lowest BCUT2D eigenvalue weighted by molar-refractivity contribution is -0.126. The molecule has 1 unspecified atom stereocenters. The number of Topliss-reactive ketones (excluding diaryl/α,β-unsaturated/α-hetero) is 1. The highest BCUT2D eigenvalue weighted by Crippen LogP contribution is 2.41. The number of hydrogen-bond donors (Lipinski definition) is 1. The maximum absolute atomic E-state index is 13.0. The largest absolute Gasteiger partial charge is 0.497 e. The molecule has 0 radical (unpaired) electrons. The van der Waals surface area contributed by atoms with E-state index in [0.29, 0.717) is 30.5 Å². The number of azo groups is 1. The summed E-state index contributed by atoms with van der Waals surface area (Å²) in [5, 5.41) is 10.9. The number of anilines is 1. The van der Waals surface area contributed by atoms with Crippen LogP contribution >= 0.6 is 23.2 Å². The van der Waals surface area contributed by atoms with Crippen LogP contribution in [0.4, 0.5) is 11.4 Å². The maximum atomic E-state index is 13.0. The summed E-state index contributed by atoms with van der Waals surface area (Å²) in [5.41, 5.74) is 0.329. The highest BCUT2D eigenvalue weighted by atomic mass is 35.5. The van der Waals surface area contributed by atoms with Crippen LogP contribution in [0.25, 0.3) is 0 Å². The molecule has 178 valence electrons. The molecule has 2 rings (SSSR count). The maximum Gasteiger partial charge on any atom is 0.258 e. The number of hydrogen-bond acceptors (Lipinski definition) is 8. The second-order valence-electron chi connectivity index (χ2n) is 6.50. The average Bonchev–Trinajstić information content (AvgIpc) is 2.79. The van der Waals surface area contributed by atoms with Crippen molar-refractivity contribution < 1.29 is 28.5 Å². The molecule has 0 bridgehead atoms. The van der Waals surface area contributed by atoms with Gasteiger partial charge in [0, 0.05) is 12.1 Å². The first kappa shape index (κ1) is 26.2. The Morgan fingerprint density at radius 2 is 1.73 bits per heavy atom. The normalized spacial score (nSPS) is 11.7. The lowest BCUT2D eigenvalue weighted by Crippen LogP contribution is -2.32. The van der Waals surface area contributed by atoms with Crippen LogP contribution in [-0.2, 0) is 9.59 Å². The summed E-state index contributed by atoms with van der Waals surface area (Å²) in [7, 11) is 2.90. The summed E-state index contributed by atoms with van der Waals surface area (Å²) in [6.07, 6.45) is 0. The molecule has 2 aromatic carbocycles. The molecule has 1 atom stereocenters. The number of rotatable bonds is 11. The molecule has 0 heterocycles. The second kappa shape index (κ2) is 12.3. The third-order valence-corrected chi connectivity index (χ3v) is 4.97. The molecule has 11 heteroatoms. The predicted octanol–water partition coefficient (Wildman–Crippen LogP) is 5.49. The van der Waals surface area contributed by atoms with Gasteiger partial charge in [-0.25, -0.2) is 0 Å². The molecule has 0 aliphatic heterocycles. The summed E-state index contributed by atoms with van der Waals surface area (Å²) in [6.45, 7) is 5.49. The number of nitrogens with zero attached hydrogens (tertiary/aromatic N) is 2. The number of nitrogens with one attached hydrogen (secondary N) is 1. The number of carbonyl (C=O) groups excluding carboxylic acids is 2. The van der Waals surface area contributed by atoms with E-state index >= 15 is 0 Å². The quantitative estimate of drug-likeness (QED) is 0.324. The Bertz CT molecular complexity index is 1050. The van der Waals surface area contributed by atoms with E-state index in [1.54, 1.807) is 25.1 Å². The van der Waals surface area contributed by atoms with Crippen molar-refractivity contribution in [1.82, 2.24) is 0 Å². The van der Waals surface area contributed by atoms with Gasteiger partial charge in [0.1, 0.15) is 27.9 Å². The smallest absolute Gasteiger partial charge is 0.258 e. The van der Waals surface area contributed by atoms with Gasteiger partial charge in [0.2, 0.25) is 6.04 Å². The van der Waals surface area contributed by atoms with E-state index < -0.39 is 17.7 Å². The van der Waals surface area contributed by atoms with Gasteiger partial charge in [0.15, 0.2) is 17.3 Å². The van der Waals surface area contributed by atoms with Crippen LogP contribution < -0.4 is 24.3 Å². The van der Waals surface area contributed by atoms with Gasteiger partial charge in [-0.3, -0.25) is 9.59 Å². The van der Waals surface area contributed by atoms with Gasteiger partial charge >= 0.3 is 0 Å². The lowest BCUT2D eigenvalue weighted by Gasteiger charge is -2.18. The molecule has 1 N–H and O–H groups in total. The van der Waals surface area contributed by atoms with Crippen LogP contribution in [0.2, 0.25) is 10.0 Å². The number of carbonyl (C=O) groups is 2. The van der Waals surface area contributed by atoms with E-state index in [2.05, 4.69) is 15.5 Å². The average molecular weight is 498 g/mol. The number of amides is 1. The van der Waals surface area contributed by atoms with Crippen molar-refractivity contribution in [3.05, 3.63) is 34.3 Å². The van der Waals surface area contributed by atoms with E-state index in [1.807, 2.05) is 6.92 Å². The monoisotopic (exact) mass is 497 g/mol. The number of methoxy groups -OCH3 is 2. The van der Waals surface area contributed by atoms with Crippen molar-refractivity contribution in [3.63, 3.8) is 0 Å². The van der Waals surface area contributed by atoms with Crippen molar-refractivity contribution in [1.29, 1.82) is 0 Å². The van der Waals surface area contributed by atoms with Crippen LogP contribution in [0, 0.1) is 0 Å². The van der Waals surface area contributed by atoms with Crippen LogP contribution in [0.3, 0.4) is 0 Å². The molecule has 0 saturated carbocycles. The fourth-order valence-electron chi connectivity index (χ4n) is 2.74. The summed E-state index contributed by atoms with van der Waals surface area (Å²) < 4.78 is 21.6. The summed E-state index contributed by atoms with van der Waals surface area (Å²) >= 11 is 12.6. The van der Waals surface area contributed by atoms with Crippen LogP contribution in [0.5, 0.6) is 23.0 Å². The standard InChI is InChI=1S/C22H25Cl2N3O6/c1-6-32-16-9-8-14(23)20(21(16)33-7-2)25-22(29)19(12(3)28)27-26-15-10-13(30-4)11-17(31-5)18(15)24/h8-11,19H,6-7H2,1-5H3,(H,25,29). The Hall–Kier alpha value is -3.04. The molecule has 0 aliphatic rings. The second-order valence-corrected chi connectivity index (χ2v) is 7.28. The minimum atomic E-state index is -1.47. The summed E-state index contributed by atoms with van der Waals surface area (Å²) in [5.74, 6) is 0.0610. The third kappa shape index (κ3) is 6.49. The van der Waals surface area contributed by atoms with Gasteiger partial charge in [0.25, 0.3) is 5.91 Å². The van der Waals surface area contributed by atoms with E-state index in [0.717, 1.165) is 0 Å². The highest BCUT2D eigenvalue weighted by molar-refractivity contribution is 6.35. The molecule has 33 heavy (non-hydrogen) atoms. The van der Waals surface area contributed by atoms with Crippen molar-refractivity contribution >= 4 is 46.3 Å². The minimum absolute atomic E-state index is 0.149. The van der Waals surface area contributed by atoms with Crippen LogP contribution in [0.1, 0.15) is 20.8 Å². The molecule has 9 nitrogen and oxygen atoms in total. The SMILES string of the molecule is CCOc1ccc(Cl)c(NC(=O)C(N=Nc2cc(OC)cc(OC)c2Cl)C(C)=O)c1OCC. The molecular weight excluding hydrogens is 473 g/mol. The topological polar surface area (TPSA) is 108 Å². The van der Waals surface area contributed by atoms with Crippen molar-refractivity contribution in [2.45, 2.75) is 26.8 Å². The van der Waals surface area contributed by atoms with Crippen molar-refractivity contribution in [3.8, 4) is 23.0 Å². The molecular formula is C22H25Cl2N3O6. The molecule has 0 saturated heterocycles. The summed E-state index contributed by atoms with van der Waals surface area (Å²) in [6, 6.07) is 4.78. The van der Waals surface area contributed by atoms with Gasteiger partial charge in [-0.15, -0.1) is 0 Å². The predicted molar refractivity (Wildman–Crippen MR) is 126 cm³/mol. The zero-order valence-corrected chi connectivity index (χ0v) is 20.4. The van der Waals surface area contributed by atoms with E-state index in [4.69, 9.17) is 42.1 Å². The number of benzene rings is 2. The molecule has 0 aliphatic carbocycles. The van der Waals surface area contributed by atoms with E-state index in [9.17, 15) is 9.59 Å². The molecule has 0 aromatic heterocycles. The Labute approximate surface area is 202 Å². The van der Waals surface area contributed by atoms with E-state index in [1.165, 1.54) is 27.2 Å². The van der Waals surface area contributed by atoms with Gasteiger partial charge < -0.3 is 24.3 Å². The molecule has 1 amide bonds. The van der Waals surface area contributed by atoms with Crippen LogP contribution in [-0.4, -0.2) is 45.2 Å². The highest BCUT2D eigenvalue weighted by Gasteiger charge is 2.26. The lowest BCUT2D eigenvalue weighted by atomic mass is 10.2. The first-order chi connectivity index (χ1) is 15.8. The Balaban J connectivity index is 2.40. The first-order valence-corrected chi connectivity index (χ1v) is 10.7. The number of ether oxygens (including phenoxy) is 4. The van der Waals surface area contributed by atoms with E-state index in [-0.39, 0.29) is 27.2 Å². The Morgan fingerprint density at radius 1 is 1.03 bits per heavy atom. The van der Waals surface area contributed by atoms with Gasteiger partial charge in [0.05, 0.1) is 32.5 Å². The fraction of sp³-hybridized carbons (Fsp3) is 0.364. The van der Waals surface area contributed by atoms with Crippen LogP contribution in [0.15, 0.2) is 34.5 Å². The zero-order valence-electron chi connectivity index (χ0n) is 18.9. The number of ketones is 1. The number of halogens is 2. The fourth-order valence-corrected chi connectivity index (χ4v) is 3.16. The third-order valence-electron chi connectivity index (χ3n) is 4.27. The molecule has 2 aromatic rings. The Morgan fingerprint density at radius 3 is 2.30 bits per heavy atom. The van der Waals surface area contributed by atoms with Crippen molar-refractivity contribution in [2.75, 3.05) is 32.8 Å². The molecule has 0 spiro atoms. The minimum Gasteiger partial charge on any atom is -0.497 e. The van der Waals surface area contributed by atoms with Gasteiger partial charge in [-0.2, -0.15) is 10.2 Å². The summed E-state index contributed by atoms with van der Waals surface area (Å²) in [4.78, 5) is 25.2. The zero-order chi connectivity index (χ0) is 24.5. The van der Waals surface area contributed by atoms with Gasteiger partial charge in [-0.05, 0) is 32.9 Å². The van der Waals surface area contributed by atoms with Gasteiger partial charge in [-0.1, -0.05) is 23.2 Å². The van der Waals surface area contributed by atoms with Crippen molar-refractivity contribution in [2.24, 2.45) is 10.2 Å². The first-order valence-electron chi connectivity index (χ1n) is 9.99. The molecule has 0 fully saturated rings.